The van der Waals surface area contributed by atoms with Gasteiger partial charge in [0.15, 0.2) is 0 Å². The number of rotatable bonds is 7. The second-order valence-electron chi connectivity index (χ2n) is 5.09. The second kappa shape index (κ2) is 6.42. The number of aromatic nitrogens is 2. The molecule has 96 valence electrons. The predicted molar refractivity (Wildman–Crippen MR) is 73.4 cm³/mol. The third kappa shape index (κ3) is 5.02. The molecule has 1 aromatic rings. The van der Waals surface area contributed by atoms with Crippen LogP contribution >= 0.6 is 0 Å². The molecule has 0 fully saturated rings. The molecular formula is C13H24N4. The SMILES string of the molecule is CCCC(C)(C)CNc1cc(NCC)ncn1. The van der Waals surface area contributed by atoms with Crippen molar-refractivity contribution in [1.29, 1.82) is 0 Å². The van der Waals surface area contributed by atoms with Crippen LogP contribution in [0, 0.1) is 5.41 Å². The van der Waals surface area contributed by atoms with Crippen LogP contribution in [0.15, 0.2) is 12.4 Å². The Hall–Kier alpha value is -1.32. The van der Waals surface area contributed by atoms with Crippen LogP contribution in [-0.2, 0) is 0 Å². The quantitative estimate of drug-likeness (QED) is 0.763. The van der Waals surface area contributed by atoms with Crippen molar-refractivity contribution in [3.8, 4) is 0 Å². The van der Waals surface area contributed by atoms with Crippen molar-refractivity contribution in [2.45, 2.75) is 40.5 Å². The van der Waals surface area contributed by atoms with E-state index in [4.69, 9.17) is 0 Å². The highest BCUT2D eigenvalue weighted by Gasteiger charge is 2.16. The number of nitrogens with zero attached hydrogens (tertiary/aromatic N) is 2. The van der Waals surface area contributed by atoms with E-state index >= 15 is 0 Å². The van der Waals surface area contributed by atoms with Crippen LogP contribution in [-0.4, -0.2) is 23.1 Å². The molecule has 0 atom stereocenters. The molecule has 0 aromatic carbocycles. The maximum atomic E-state index is 4.22. The van der Waals surface area contributed by atoms with E-state index in [1.165, 1.54) is 12.8 Å². The molecule has 0 saturated carbocycles. The van der Waals surface area contributed by atoms with Gasteiger partial charge in [-0.2, -0.15) is 0 Å². The molecular weight excluding hydrogens is 212 g/mol. The second-order valence-corrected chi connectivity index (χ2v) is 5.09. The van der Waals surface area contributed by atoms with Crippen molar-refractivity contribution in [3.63, 3.8) is 0 Å². The molecule has 17 heavy (non-hydrogen) atoms. The molecule has 0 amide bonds. The minimum absolute atomic E-state index is 0.304. The first-order valence-corrected chi connectivity index (χ1v) is 6.37. The van der Waals surface area contributed by atoms with Gasteiger partial charge >= 0.3 is 0 Å². The lowest BCUT2D eigenvalue weighted by Gasteiger charge is -2.24. The van der Waals surface area contributed by atoms with E-state index in [1.54, 1.807) is 6.33 Å². The Bertz CT molecular complexity index is 336. The first kappa shape index (κ1) is 13.7. The van der Waals surface area contributed by atoms with Crippen molar-refractivity contribution in [3.05, 3.63) is 12.4 Å². The average Bonchev–Trinajstić information content (AvgIpc) is 2.28. The first-order valence-electron chi connectivity index (χ1n) is 6.37. The van der Waals surface area contributed by atoms with Crippen LogP contribution in [0.2, 0.25) is 0 Å². The molecule has 0 aliphatic heterocycles. The molecule has 1 heterocycles. The average molecular weight is 236 g/mol. The fourth-order valence-corrected chi connectivity index (χ4v) is 1.83. The van der Waals surface area contributed by atoms with E-state index in [0.717, 1.165) is 24.7 Å². The number of hydrogen-bond acceptors (Lipinski definition) is 4. The summed E-state index contributed by atoms with van der Waals surface area (Å²) in [7, 11) is 0. The predicted octanol–water partition coefficient (Wildman–Crippen LogP) is 3.15. The van der Waals surface area contributed by atoms with E-state index in [-0.39, 0.29) is 0 Å². The largest absolute Gasteiger partial charge is 0.370 e. The number of nitrogens with one attached hydrogen (secondary N) is 2. The summed E-state index contributed by atoms with van der Waals surface area (Å²) in [6.45, 7) is 10.6. The summed E-state index contributed by atoms with van der Waals surface area (Å²) in [6.07, 6.45) is 4.01. The zero-order chi connectivity index (χ0) is 12.7. The highest BCUT2D eigenvalue weighted by molar-refractivity contribution is 5.46. The van der Waals surface area contributed by atoms with Gasteiger partial charge in [0.05, 0.1) is 0 Å². The molecule has 4 nitrogen and oxygen atoms in total. The topological polar surface area (TPSA) is 49.8 Å². The smallest absolute Gasteiger partial charge is 0.131 e. The maximum Gasteiger partial charge on any atom is 0.131 e. The van der Waals surface area contributed by atoms with Crippen LogP contribution < -0.4 is 10.6 Å². The Morgan fingerprint density at radius 1 is 1.12 bits per heavy atom. The van der Waals surface area contributed by atoms with Gasteiger partial charge in [-0.05, 0) is 18.8 Å². The van der Waals surface area contributed by atoms with Gasteiger partial charge in [-0.15, -0.1) is 0 Å². The van der Waals surface area contributed by atoms with Crippen molar-refractivity contribution in [2.24, 2.45) is 5.41 Å². The molecule has 0 spiro atoms. The Balaban J connectivity index is 2.53. The summed E-state index contributed by atoms with van der Waals surface area (Å²) in [5.74, 6) is 1.76. The van der Waals surface area contributed by atoms with E-state index < -0.39 is 0 Å². The Labute approximate surface area is 104 Å². The third-order valence-corrected chi connectivity index (χ3v) is 2.70. The lowest BCUT2D eigenvalue weighted by Crippen LogP contribution is -2.23. The summed E-state index contributed by atoms with van der Waals surface area (Å²) >= 11 is 0. The lowest BCUT2D eigenvalue weighted by atomic mass is 9.88. The minimum Gasteiger partial charge on any atom is -0.370 e. The normalized spacial score (nSPS) is 11.3. The minimum atomic E-state index is 0.304. The van der Waals surface area contributed by atoms with E-state index in [9.17, 15) is 0 Å². The zero-order valence-corrected chi connectivity index (χ0v) is 11.4. The molecule has 1 aromatic heterocycles. The van der Waals surface area contributed by atoms with Crippen LogP contribution in [0.4, 0.5) is 11.6 Å². The Kier molecular flexibility index (Phi) is 5.19. The lowest BCUT2D eigenvalue weighted by molar-refractivity contribution is 0.354. The van der Waals surface area contributed by atoms with E-state index in [0.29, 0.717) is 5.41 Å². The summed E-state index contributed by atoms with van der Waals surface area (Å²) in [5, 5.41) is 6.56. The van der Waals surface area contributed by atoms with E-state index in [2.05, 4.69) is 48.3 Å². The summed E-state index contributed by atoms with van der Waals surface area (Å²) < 4.78 is 0. The van der Waals surface area contributed by atoms with Gasteiger partial charge in [0.2, 0.25) is 0 Å². The summed E-state index contributed by atoms with van der Waals surface area (Å²) in [4.78, 5) is 8.37. The van der Waals surface area contributed by atoms with Gasteiger partial charge in [-0.3, -0.25) is 0 Å². The Morgan fingerprint density at radius 2 is 1.76 bits per heavy atom. The van der Waals surface area contributed by atoms with Crippen LogP contribution in [0.5, 0.6) is 0 Å². The van der Waals surface area contributed by atoms with Crippen molar-refractivity contribution >= 4 is 11.6 Å². The number of hydrogen-bond donors (Lipinski definition) is 2. The fourth-order valence-electron chi connectivity index (χ4n) is 1.83. The third-order valence-electron chi connectivity index (χ3n) is 2.70. The van der Waals surface area contributed by atoms with Crippen molar-refractivity contribution in [1.82, 2.24) is 9.97 Å². The Morgan fingerprint density at radius 3 is 2.35 bits per heavy atom. The van der Waals surface area contributed by atoms with Crippen LogP contribution in [0.1, 0.15) is 40.5 Å². The molecule has 1 rings (SSSR count). The number of anilines is 2. The molecule has 0 saturated heterocycles. The van der Waals surface area contributed by atoms with Gasteiger partial charge in [0.1, 0.15) is 18.0 Å². The standard InChI is InChI=1S/C13H24N4/c1-5-7-13(3,4)9-15-12-8-11(14-6-2)16-10-17-12/h8,10H,5-7,9H2,1-4H3,(H2,14,15,16,17). The highest BCUT2D eigenvalue weighted by Crippen LogP contribution is 2.22. The van der Waals surface area contributed by atoms with Crippen molar-refractivity contribution in [2.75, 3.05) is 23.7 Å². The molecule has 0 bridgehead atoms. The summed E-state index contributed by atoms with van der Waals surface area (Å²) in [5.41, 5.74) is 0.304. The van der Waals surface area contributed by atoms with E-state index in [1.807, 2.05) is 6.07 Å². The molecule has 2 N–H and O–H groups in total. The van der Waals surface area contributed by atoms with Crippen LogP contribution in [0.25, 0.3) is 0 Å². The van der Waals surface area contributed by atoms with Crippen molar-refractivity contribution < 1.29 is 0 Å². The zero-order valence-electron chi connectivity index (χ0n) is 11.4. The van der Waals surface area contributed by atoms with Gasteiger partial charge in [0, 0.05) is 19.2 Å². The molecule has 0 aliphatic rings. The van der Waals surface area contributed by atoms with Crippen LogP contribution in [0.3, 0.4) is 0 Å². The fraction of sp³-hybridized carbons (Fsp3) is 0.692. The molecule has 0 unspecified atom stereocenters. The first-order chi connectivity index (χ1) is 8.07. The molecule has 0 radical (unpaired) electrons. The van der Waals surface area contributed by atoms with Gasteiger partial charge in [0.25, 0.3) is 0 Å². The maximum absolute atomic E-state index is 4.22. The molecule has 0 aliphatic carbocycles. The summed E-state index contributed by atoms with van der Waals surface area (Å²) in [6, 6.07) is 1.95. The van der Waals surface area contributed by atoms with Gasteiger partial charge in [-0.25, -0.2) is 9.97 Å². The monoisotopic (exact) mass is 236 g/mol. The highest BCUT2D eigenvalue weighted by atomic mass is 15.1. The van der Waals surface area contributed by atoms with Gasteiger partial charge in [-0.1, -0.05) is 27.2 Å². The molecule has 4 heteroatoms. The van der Waals surface area contributed by atoms with Gasteiger partial charge < -0.3 is 10.6 Å².